The minimum absolute atomic E-state index is 0.0597. The second-order valence-electron chi connectivity index (χ2n) is 6.43. The fourth-order valence-electron chi connectivity index (χ4n) is 2.77. The summed E-state index contributed by atoms with van der Waals surface area (Å²) in [5, 5.41) is 2.90. The number of piperidine rings is 1. The first kappa shape index (κ1) is 15.8. The smallest absolute Gasteiger partial charge is 0.225 e. The van der Waals surface area contributed by atoms with Gasteiger partial charge in [-0.1, -0.05) is 26.3 Å². The number of rotatable bonds is 5. The van der Waals surface area contributed by atoms with Crippen LogP contribution >= 0.6 is 0 Å². The maximum Gasteiger partial charge on any atom is 0.225 e. The lowest BCUT2D eigenvalue weighted by atomic mass is 9.78. The van der Waals surface area contributed by atoms with Gasteiger partial charge in [0.25, 0.3) is 0 Å². The minimum Gasteiger partial charge on any atom is -0.399 e. The SMILES string of the molecule is CCC1(C)CCN(CCC(=O)Nc2cccc(N)c2)CC1. The molecule has 0 aromatic heterocycles. The summed E-state index contributed by atoms with van der Waals surface area (Å²) in [5.74, 6) is 0.0597. The van der Waals surface area contributed by atoms with Crippen molar-refractivity contribution in [2.75, 3.05) is 30.7 Å². The van der Waals surface area contributed by atoms with Gasteiger partial charge in [-0.05, 0) is 49.5 Å². The van der Waals surface area contributed by atoms with E-state index in [1.54, 1.807) is 6.07 Å². The Morgan fingerprint density at radius 1 is 1.38 bits per heavy atom. The van der Waals surface area contributed by atoms with Crippen molar-refractivity contribution in [3.8, 4) is 0 Å². The summed E-state index contributed by atoms with van der Waals surface area (Å²) in [5.41, 5.74) is 7.65. The van der Waals surface area contributed by atoms with E-state index < -0.39 is 0 Å². The zero-order chi connectivity index (χ0) is 15.3. The van der Waals surface area contributed by atoms with Gasteiger partial charge in [-0.3, -0.25) is 4.79 Å². The predicted octanol–water partition coefficient (Wildman–Crippen LogP) is 3.11. The molecule has 0 unspecified atom stereocenters. The van der Waals surface area contributed by atoms with E-state index >= 15 is 0 Å². The summed E-state index contributed by atoms with van der Waals surface area (Å²) in [6.07, 6.45) is 4.26. The van der Waals surface area contributed by atoms with E-state index in [4.69, 9.17) is 5.73 Å². The zero-order valence-electron chi connectivity index (χ0n) is 13.2. The van der Waals surface area contributed by atoms with Gasteiger partial charge in [0.1, 0.15) is 0 Å². The molecule has 0 atom stereocenters. The summed E-state index contributed by atoms with van der Waals surface area (Å²) in [6.45, 7) is 7.70. The maximum atomic E-state index is 12.0. The minimum atomic E-state index is 0.0597. The van der Waals surface area contributed by atoms with E-state index in [0.29, 0.717) is 17.5 Å². The van der Waals surface area contributed by atoms with Crippen molar-refractivity contribution in [1.82, 2.24) is 4.90 Å². The third kappa shape index (κ3) is 4.74. The first-order valence-electron chi connectivity index (χ1n) is 7.88. The molecule has 0 bridgehead atoms. The quantitative estimate of drug-likeness (QED) is 0.819. The lowest BCUT2D eigenvalue weighted by Crippen LogP contribution is -2.39. The first-order chi connectivity index (χ1) is 10.0. The van der Waals surface area contributed by atoms with Crippen molar-refractivity contribution in [3.05, 3.63) is 24.3 Å². The number of nitrogens with two attached hydrogens (primary N) is 1. The molecule has 3 N–H and O–H groups in total. The Hall–Kier alpha value is -1.55. The van der Waals surface area contributed by atoms with Gasteiger partial charge in [0.15, 0.2) is 0 Å². The van der Waals surface area contributed by atoms with Crippen molar-refractivity contribution >= 4 is 17.3 Å². The number of likely N-dealkylation sites (tertiary alicyclic amines) is 1. The number of carbonyl (C=O) groups is 1. The normalized spacial score (nSPS) is 18.4. The van der Waals surface area contributed by atoms with Crippen LogP contribution in [0.25, 0.3) is 0 Å². The number of amides is 1. The Morgan fingerprint density at radius 3 is 2.71 bits per heavy atom. The Kier molecular flexibility index (Phi) is 5.23. The van der Waals surface area contributed by atoms with E-state index in [1.807, 2.05) is 18.2 Å². The molecule has 21 heavy (non-hydrogen) atoms. The van der Waals surface area contributed by atoms with Crippen LogP contribution in [0.5, 0.6) is 0 Å². The standard InChI is InChI=1S/C17H27N3O/c1-3-17(2)8-11-20(12-9-17)10-7-16(21)19-15-6-4-5-14(18)13-15/h4-6,13H,3,7-12,18H2,1-2H3,(H,19,21). The number of anilines is 2. The summed E-state index contributed by atoms with van der Waals surface area (Å²) in [6, 6.07) is 7.31. The van der Waals surface area contributed by atoms with Gasteiger partial charge in [0, 0.05) is 24.3 Å². The molecule has 1 aliphatic heterocycles. The van der Waals surface area contributed by atoms with E-state index in [2.05, 4.69) is 24.1 Å². The van der Waals surface area contributed by atoms with Crippen molar-refractivity contribution in [3.63, 3.8) is 0 Å². The van der Waals surface area contributed by atoms with E-state index in [-0.39, 0.29) is 5.91 Å². The van der Waals surface area contributed by atoms with Crippen LogP contribution in [0.15, 0.2) is 24.3 Å². The lowest BCUT2D eigenvalue weighted by Gasteiger charge is -2.38. The summed E-state index contributed by atoms with van der Waals surface area (Å²) in [7, 11) is 0. The molecular formula is C17H27N3O. The van der Waals surface area contributed by atoms with Crippen LogP contribution in [-0.2, 0) is 4.79 Å². The largest absolute Gasteiger partial charge is 0.399 e. The topological polar surface area (TPSA) is 58.4 Å². The second kappa shape index (κ2) is 6.94. The van der Waals surface area contributed by atoms with Crippen LogP contribution in [0.2, 0.25) is 0 Å². The molecule has 0 radical (unpaired) electrons. The second-order valence-corrected chi connectivity index (χ2v) is 6.43. The van der Waals surface area contributed by atoms with E-state index in [0.717, 1.165) is 25.3 Å². The highest BCUT2D eigenvalue weighted by atomic mass is 16.1. The van der Waals surface area contributed by atoms with Gasteiger partial charge >= 0.3 is 0 Å². The summed E-state index contributed by atoms with van der Waals surface area (Å²) >= 11 is 0. The molecule has 0 saturated carbocycles. The molecule has 4 heteroatoms. The molecule has 4 nitrogen and oxygen atoms in total. The fraction of sp³-hybridized carbons (Fsp3) is 0.588. The highest BCUT2D eigenvalue weighted by molar-refractivity contribution is 5.91. The third-order valence-corrected chi connectivity index (χ3v) is 4.74. The molecular weight excluding hydrogens is 262 g/mol. The average Bonchev–Trinajstić information content (AvgIpc) is 2.47. The summed E-state index contributed by atoms with van der Waals surface area (Å²) < 4.78 is 0. The Morgan fingerprint density at radius 2 is 2.10 bits per heavy atom. The van der Waals surface area contributed by atoms with Crippen LogP contribution in [0.3, 0.4) is 0 Å². The monoisotopic (exact) mass is 289 g/mol. The highest BCUT2D eigenvalue weighted by Gasteiger charge is 2.28. The number of nitrogens with zero attached hydrogens (tertiary/aromatic N) is 1. The maximum absolute atomic E-state index is 12.0. The van der Waals surface area contributed by atoms with Crippen LogP contribution in [0.1, 0.15) is 39.5 Å². The number of hydrogen-bond donors (Lipinski definition) is 2. The van der Waals surface area contributed by atoms with Crippen molar-refractivity contribution in [2.24, 2.45) is 5.41 Å². The molecule has 1 aromatic rings. The van der Waals surface area contributed by atoms with Crippen LogP contribution in [0, 0.1) is 5.41 Å². The third-order valence-electron chi connectivity index (χ3n) is 4.74. The van der Waals surface area contributed by atoms with Crippen molar-refractivity contribution < 1.29 is 4.79 Å². The van der Waals surface area contributed by atoms with Crippen molar-refractivity contribution in [1.29, 1.82) is 0 Å². The van der Waals surface area contributed by atoms with Crippen molar-refractivity contribution in [2.45, 2.75) is 39.5 Å². The van der Waals surface area contributed by atoms with Gasteiger partial charge in [0.2, 0.25) is 5.91 Å². The highest BCUT2D eigenvalue weighted by Crippen LogP contribution is 2.33. The zero-order valence-corrected chi connectivity index (χ0v) is 13.2. The average molecular weight is 289 g/mol. The lowest BCUT2D eigenvalue weighted by molar-refractivity contribution is -0.116. The predicted molar refractivity (Wildman–Crippen MR) is 88.2 cm³/mol. The number of benzene rings is 1. The molecule has 1 aliphatic rings. The molecule has 1 saturated heterocycles. The Balaban J connectivity index is 1.73. The molecule has 0 spiro atoms. The van der Waals surface area contributed by atoms with Gasteiger partial charge in [-0.25, -0.2) is 0 Å². The fourth-order valence-corrected chi connectivity index (χ4v) is 2.77. The van der Waals surface area contributed by atoms with Gasteiger partial charge in [0.05, 0.1) is 0 Å². The van der Waals surface area contributed by atoms with Gasteiger partial charge in [-0.2, -0.15) is 0 Å². The molecule has 1 aromatic carbocycles. The molecule has 2 rings (SSSR count). The van der Waals surface area contributed by atoms with E-state index in [9.17, 15) is 4.79 Å². The number of carbonyl (C=O) groups excluding carboxylic acids is 1. The van der Waals surface area contributed by atoms with Gasteiger partial charge in [-0.15, -0.1) is 0 Å². The van der Waals surface area contributed by atoms with Gasteiger partial charge < -0.3 is 16.0 Å². The number of hydrogen-bond acceptors (Lipinski definition) is 3. The molecule has 116 valence electrons. The Bertz CT molecular complexity index is 479. The molecule has 1 heterocycles. The van der Waals surface area contributed by atoms with Crippen LogP contribution in [0.4, 0.5) is 11.4 Å². The molecule has 0 aliphatic carbocycles. The van der Waals surface area contributed by atoms with E-state index in [1.165, 1.54) is 19.3 Å². The first-order valence-corrected chi connectivity index (χ1v) is 7.88. The summed E-state index contributed by atoms with van der Waals surface area (Å²) in [4.78, 5) is 14.4. The number of nitrogen functional groups attached to an aromatic ring is 1. The number of nitrogens with one attached hydrogen (secondary N) is 1. The molecule has 1 fully saturated rings. The molecule has 1 amide bonds. The van der Waals surface area contributed by atoms with Crippen LogP contribution < -0.4 is 11.1 Å². The van der Waals surface area contributed by atoms with Crippen LogP contribution in [-0.4, -0.2) is 30.4 Å². The Labute approximate surface area is 127 Å².